The first kappa shape index (κ1) is 14.9. The molecular formula is C17H20ClNO. The molecule has 0 heterocycles. The van der Waals surface area contributed by atoms with Crippen LogP contribution >= 0.6 is 11.6 Å². The normalized spacial score (nSPS) is 12.2. The zero-order valence-corrected chi connectivity index (χ0v) is 12.7. The smallest absolute Gasteiger partial charge is 0.123 e. The van der Waals surface area contributed by atoms with Crippen LogP contribution in [0.1, 0.15) is 30.5 Å². The molecule has 0 aliphatic heterocycles. The summed E-state index contributed by atoms with van der Waals surface area (Å²) in [6.45, 7) is 2.99. The Labute approximate surface area is 125 Å². The van der Waals surface area contributed by atoms with Gasteiger partial charge in [0.2, 0.25) is 0 Å². The number of nitrogens with one attached hydrogen (secondary N) is 1. The van der Waals surface area contributed by atoms with Gasteiger partial charge in [-0.05, 0) is 30.2 Å². The highest BCUT2D eigenvalue weighted by molar-refractivity contribution is 6.30. The SMILES string of the molecule is CCC(NCc1ccc(Cl)cc1)c1ccccc1OC. The summed E-state index contributed by atoms with van der Waals surface area (Å²) >= 11 is 5.90. The van der Waals surface area contributed by atoms with E-state index in [0.717, 1.165) is 23.7 Å². The second kappa shape index (κ2) is 7.32. The predicted octanol–water partition coefficient (Wildman–Crippen LogP) is 4.59. The van der Waals surface area contributed by atoms with Gasteiger partial charge in [-0.2, -0.15) is 0 Å². The Morgan fingerprint density at radius 1 is 1.10 bits per heavy atom. The summed E-state index contributed by atoms with van der Waals surface area (Å²) in [6, 6.07) is 16.4. The average molecular weight is 290 g/mol. The second-order valence-electron chi connectivity index (χ2n) is 4.71. The molecule has 20 heavy (non-hydrogen) atoms. The molecule has 0 saturated heterocycles. The molecule has 0 aliphatic carbocycles. The summed E-state index contributed by atoms with van der Waals surface area (Å²) in [7, 11) is 1.71. The molecule has 0 amide bonds. The third kappa shape index (κ3) is 3.75. The molecule has 2 rings (SSSR count). The number of rotatable bonds is 6. The number of halogens is 1. The van der Waals surface area contributed by atoms with Gasteiger partial charge in [0.15, 0.2) is 0 Å². The minimum absolute atomic E-state index is 0.279. The minimum atomic E-state index is 0.279. The molecule has 0 fully saturated rings. The van der Waals surface area contributed by atoms with Gasteiger partial charge in [-0.15, -0.1) is 0 Å². The second-order valence-corrected chi connectivity index (χ2v) is 5.15. The van der Waals surface area contributed by atoms with E-state index in [-0.39, 0.29) is 6.04 Å². The topological polar surface area (TPSA) is 21.3 Å². The lowest BCUT2D eigenvalue weighted by Gasteiger charge is -2.20. The maximum absolute atomic E-state index is 5.90. The van der Waals surface area contributed by atoms with Crippen LogP contribution in [0.2, 0.25) is 5.02 Å². The molecule has 2 nitrogen and oxygen atoms in total. The highest BCUT2D eigenvalue weighted by Crippen LogP contribution is 2.27. The van der Waals surface area contributed by atoms with Crippen molar-refractivity contribution in [3.8, 4) is 5.75 Å². The molecule has 0 spiro atoms. The van der Waals surface area contributed by atoms with Gasteiger partial charge in [-0.25, -0.2) is 0 Å². The summed E-state index contributed by atoms with van der Waals surface area (Å²) in [5, 5.41) is 4.34. The van der Waals surface area contributed by atoms with Crippen LogP contribution in [-0.4, -0.2) is 7.11 Å². The lowest BCUT2D eigenvalue weighted by atomic mass is 10.0. The number of ether oxygens (including phenoxy) is 1. The van der Waals surface area contributed by atoms with Crippen molar-refractivity contribution in [2.45, 2.75) is 25.9 Å². The summed E-state index contributed by atoms with van der Waals surface area (Å²) in [5.74, 6) is 0.933. The fraction of sp³-hybridized carbons (Fsp3) is 0.294. The highest BCUT2D eigenvalue weighted by Gasteiger charge is 2.13. The third-order valence-electron chi connectivity index (χ3n) is 3.39. The van der Waals surface area contributed by atoms with Crippen molar-refractivity contribution in [2.24, 2.45) is 0 Å². The Balaban J connectivity index is 2.07. The largest absolute Gasteiger partial charge is 0.496 e. The molecular weight excluding hydrogens is 270 g/mol. The molecule has 0 aromatic heterocycles. The predicted molar refractivity (Wildman–Crippen MR) is 84.3 cm³/mol. The fourth-order valence-corrected chi connectivity index (χ4v) is 2.40. The van der Waals surface area contributed by atoms with Crippen LogP contribution < -0.4 is 10.1 Å². The van der Waals surface area contributed by atoms with E-state index < -0.39 is 0 Å². The van der Waals surface area contributed by atoms with Gasteiger partial charge in [0, 0.05) is 23.2 Å². The van der Waals surface area contributed by atoms with E-state index >= 15 is 0 Å². The standard InChI is InChI=1S/C17H20ClNO/c1-3-16(15-6-4-5-7-17(15)20-2)19-12-13-8-10-14(18)11-9-13/h4-11,16,19H,3,12H2,1-2H3. The van der Waals surface area contributed by atoms with E-state index in [0.29, 0.717) is 0 Å². The van der Waals surface area contributed by atoms with Crippen molar-refractivity contribution in [3.63, 3.8) is 0 Å². The minimum Gasteiger partial charge on any atom is -0.496 e. The molecule has 0 aliphatic rings. The van der Waals surface area contributed by atoms with Crippen molar-refractivity contribution in [2.75, 3.05) is 7.11 Å². The van der Waals surface area contributed by atoms with Crippen molar-refractivity contribution >= 4 is 11.6 Å². The molecule has 1 N–H and O–H groups in total. The zero-order valence-electron chi connectivity index (χ0n) is 11.9. The first-order chi connectivity index (χ1) is 9.74. The fourth-order valence-electron chi connectivity index (χ4n) is 2.27. The molecule has 0 radical (unpaired) electrons. The van der Waals surface area contributed by atoms with Gasteiger partial charge in [0.25, 0.3) is 0 Å². The molecule has 2 aromatic rings. The maximum atomic E-state index is 5.90. The van der Waals surface area contributed by atoms with Crippen molar-refractivity contribution in [3.05, 3.63) is 64.7 Å². The Bertz CT molecular complexity index is 539. The van der Waals surface area contributed by atoms with Crippen LogP contribution in [0.3, 0.4) is 0 Å². The van der Waals surface area contributed by atoms with Gasteiger partial charge in [-0.1, -0.05) is 48.9 Å². The Hall–Kier alpha value is -1.51. The van der Waals surface area contributed by atoms with Gasteiger partial charge < -0.3 is 10.1 Å². The van der Waals surface area contributed by atoms with Crippen molar-refractivity contribution < 1.29 is 4.74 Å². The molecule has 1 unspecified atom stereocenters. The molecule has 2 aromatic carbocycles. The molecule has 106 valence electrons. The van der Waals surface area contributed by atoms with Crippen LogP contribution in [0.25, 0.3) is 0 Å². The Kier molecular flexibility index (Phi) is 5.45. The monoisotopic (exact) mass is 289 g/mol. The van der Waals surface area contributed by atoms with E-state index in [1.54, 1.807) is 7.11 Å². The van der Waals surface area contributed by atoms with E-state index in [9.17, 15) is 0 Å². The van der Waals surface area contributed by atoms with E-state index in [4.69, 9.17) is 16.3 Å². The molecule has 0 saturated carbocycles. The first-order valence-electron chi connectivity index (χ1n) is 6.85. The van der Waals surface area contributed by atoms with Crippen molar-refractivity contribution in [1.82, 2.24) is 5.32 Å². The average Bonchev–Trinajstić information content (AvgIpc) is 2.50. The summed E-state index contributed by atoms with van der Waals surface area (Å²) in [4.78, 5) is 0. The Morgan fingerprint density at radius 2 is 1.80 bits per heavy atom. The van der Waals surface area contributed by atoms with E-state index in [1.165, 1.54) is 11.1 Å². The first-order valence-corrected chi connectivity index (χ1v) is 7.23. The van der Waals surface area contributed by atoms with Gasteiger partial charge in [0.1, 0.15) is 5.75 Å². The molecule has 0 bridgehead atoms. The van der Waals surface area contributed by atoms with Gasteiger partial charge in [0.05, 0.1) is 7.11 Å². The Morgan fingerprint density at radius 3 is 2.45 bits per heavy atom. The van der Waals surface area contributed by atoms with E-state index in [2.05, 4.69) is 18.3 Å². The number of methoxy groups -OCH3 is 1. The third-order valence-corrected chi connectivity index (χ3v) is 3.64. The number of hydrogen-bond donors (Lipinski definition) is 1. The van der Waals surface area contributed by atoms with Gasteiger partial charge >= 0.3 is 0 Å². The zero-order chi connectivity index (χ0) is 14.4. The van der Waals surface area contributed by atoms with E-state index in [1.807, 2.05) is 42.5 Å². The summed E-state index contributed by atoms with van der Waals surface area (Å²) < 4.78 is 5.44. The number of benzene rings is 2. The molecule has 1 atom stereocenters. The van der Waals surface area contributed by atoms with Crippen LogP contribution in [0.5, 0.6) is 5.75 Å². The van der Waals surface area contributed by atoms with Crippen LogP contribution in [0.4, 0.5) is 0 Å². The van der Waals surface area contributed by atoms with Gasteiger partial charge in [-0.3, -0.25) is 0 Å². The maximum Gasteiger partial charge on any atom is 0.123 e. The molecule has 3 heteroatoms. The highest BCUT2D eigenvalue weighted by atomic mass is 35.5. The van der Waals surface area contributed by atoms with Crippen LogP contribution in [-0.2, 0) is 6.54 Å². The lowest BCUT2D eigenvalue weighted by Crippen LogP contribution is -2.20. The lowest BCUT2D eigenvalue weighted by molar-refractivity contribution is 0.396. The summed E-state index contributed by atoms with van der Waals surface area (Å²) in [6.07, 6.45) is 1.01. The quantitative estimate of drug-likeness (QED) is 0.840. The summed E-state index contributed by atoms with van der Waals surface area (Å²) in [5.41, 5.74) is 2.43. The van der Waals surface area contributed by atoms with Crippen molar-refractivity contribution in [1.29, 1.82) is 0 Å². The van der Waals surface area contributed by atoms with Crippen LogP contribution in [0.15, 0.2) is 48.5 Å². The number of hydrogen-bond acceptors (Lipinski definition) is 2. The number of para-hydroxylation sites is 1. The van der Waals surface area contributed by atoms with Crippen LogP contribution in [0, 0.1) is 0 Å².